The smallest absolute Gasteiger partial charge is 0.0348 e. The molecule has 0 aliphatic heterocycles. The molecule has 0 heterocycles. The monoisotopic (exact) mass is 250 g/mol. The van der Waals surface area contributed by atoms with Crippen LogP contribution < -0.4 is 0 Å². The van der Waals surface area contributed by atoms with Gasteiger partial charge in [-0.05, 0) is 31.6 Å². The molecule has 0 aromatic rings. The molecule has 2 radical (unpaired) electrons. The van der Waals surface area contributed by atoms with Crippen molar-refractivity contribution in [3.05, 3.63) is 26.0 Å². The SMILES string of the molecule is [CH2]CCCC/C=C/CCC(CC)CCCCC[CH2]. The van der Waals surface area contributed by atoms with Crippen LogP contribution in [0.2, 0.25) is 0 Å². The van der Waals surface area contributed by atoms with Crippen molar-refractivity contribution in [2.45, 2.75) is 84.0 Å². The molecule has 0 aromatic carbocycles. The van der Waals surface area contributed by atoms with E-state index in [0.29, 0.717) is 0 Å². The van der Waals surface area contributed by atoms with Gasteiger partial charge in [-0.15, -0.1) is 0 Å². The van der Waals surface area contributed by atoms with Crippen molar-refractivity contribution >= 4 is 0 Å². The summed E-state index contributed by atoms with van der Waals surface area (Å²) in [6, 6.07) is 0. The van der Waals surface area contributed by atoms with Crippen molar-refractivity contribution in [1.82, 2.24) is 0 Å². The van der Waals surface area contributed by atoms with E-state index in [1.54, 1.807) is 0 Å². The second-order valence-electron chi connectivity index (χ2n) is 5.38. The molecular formula is C18H34. The Labute approximate surface area is 116 Å². The number of unbranched alkanes of at least 4 members (excludes halogenated alkanes) is 6. The third kappa shape index (κ3) is 12.2. The van der Waals surface area contributed by atoms with Crippen LogP contribution in [-0.4, -0.2) is 0 Å². The second kappa shape index (κ2) is 14.8. The maximum atomic E-state index is 3.90. The van der Waals surface area contributed by atoms with Gasteiger partial charge in [0.1, 0.15) is 0 Å². The zero-order valence-corrected chi connectivity index (χ0v) is 12.6. The van der Waals surface area contributed by atoms with Crippen LogP contribution in [0, 0.1) is 19.8 Å². The van der Waals surface area contributed by atoms with Gasteiger partial charge in [-0.3, -0.25) is 0 Å². The Bertz CT molecular complexity index is 169. The lowest BCUT2D eigenvalue weighted by molar-refractivity contribution is 0.417. The second-order valence-corrected chi connectivity index (χ2v) is 5.38. The zero-order valence-electron chi connectivity index (χ0n) is 12.6. The maximum absolute atomic E-state index is 3.90. The third-order valence-electron chi connectivity index (χ3n) is 3.72. The number of allylic oxidation sites excluding steroid dienone is 2. The summed E-state index contributed by atoms with van der Waals surface area (Å²) in [6.45, 7) is 10.1. The predicted octanol–water partition coefficient (Wildman–Crippen LogP) is 6.53. The summed E-state index contributed by atoms with van der Waals surface area (Å²) in [6.07, 6.45) is 20.3. The van der Waals surface area contributed by atoms with Crippen LogP contribution in [0.5, 0.6) is 0 Å². The van der Waals surface area contributed by atoms with Crippen LogP contribution in [0.1, 0.15) is 84.0 Å². The molecule has 0 aliphatic rings. The first-order chi connectivity index (χ1) is 8.85. The highest BCUT2D eigenvalue weighted by molar-refractivity contribution is 4.82. The van der Waals surface area contributed by atoms with Crippen molar-refractivity contribution in [2.75, 3.05) is 0 Å². The molecule has 0 heteroatoms. The summed E-state index contributed by atoms with van der Waals surface area (Å²) in [4.78, 5) is 0. The van der Waals surface area contributed by atoms with E-state index in [2.05, 4.69) is 32.9 Å². The quantitative estimate of drug-likeness (QED) is 0.257. The molecule has 18 heavy (non-hydrogen) atoms. The Morgan fingerprint density at radius 2 is 1.44 bits per heavy atom. The predicted molar refractivity (Wildman–Crippen MR) is 84.4 cm³/mol. The molecule has 0 rings (SSSR count). The highest BCUT2D eigenvalue weighted by Gasteiger charge is 2.04. The Kier molecular flexibility index (Phi) is 14.6. The van der Waals surface area contributed by atoms with Gasteiger partial charge in [0.2, 0.25) is 0 Å². The Morgan fingerprint density at radius 3 is 2.11 bits per heavy atom. The first kappa shape index (κ1) is 17.7. The van der Waals surface area contributed by atoms with Gasteiger partial charge in [-0.2, -0.15) is 0 Å². The normalized spacial score (nSPS) is 13.3. The van der Waals surface area contributed by atoms with E-state index in [1.165, 1.54) is 64.2 Å². The molecule has 0 fully saturated rings. The molecule has 0 aliphatic carbocycles. The average Bonchev–Trinajstić information content (AvgIpc) is 2.40. The van der Waals surface area contributed by atoms with Crippen molar-refractivity contribution in [3.8, 4) is 0 Å². The maximum Gasteiger partial charge on any atom is -0.0348 e. The molecule has 1 unspecified atom stereocenters. The van der Waals surface area contributed by atoms with Crippen molar-refractivity contribution in [2.24, 2.45) is 5.92 Å². The molecule has 0 N–H and O–H groups in total. The summed E-state index contributed by atoms with van der Waals surface area (Å²) in [5.74, 6) is 0.944. The first-order valence-corrected chi connectivity index (χ1v) is 8.08. The topological polar surface area (TPSA) is 0 Å². The fourth-order valence-electron chi connectivity index (χ4n) is 2.35. The zero-order chi connectivity index (χ0) is 13.5. The van der Waals surface area contributed by atoms with Gasteiger partial charge in [0, 0.05) is 0 Å². The minimum atomic E-state index is 0.944. The molecule has 0 bridgehead atoms. The summed E-state index contributed by atoms with van der Waals surface area (Å²) in [5, 5.41) is 0. The Morgan fingerprint density at radius 1 is 0.778 bits per heavy atom. The highest BCUT2D eigenvalue weighted by atomic mass is 14.1. The van der Waals surface area contributed by atoms with E-state index >= 15 is 0 Å². The number of rotatable bonds is 13. The van der Waals surface area contributed by atoms with E-state index in [1.807, 2.05) is 0 Å². The summed E-state index contributed by atoms with van der Waals surface area (Å²) >= 11 is 0. The first-order valence-electron chi connectivity index (χ1n) is 8.08. The van der Waals surface area contributed by atoms with Crippen molar-refractivity contribution in [1.29, 1.82) is 0 Å². The van der Waals surface area contributed by atoms with Gasteiger partial charge in [0.15, 0.2) is 0 Å². The van der Waals surface area contributed by atoms with E-state index in [9.17, 15) is 0 Å². The van der Waals surface area contributed by atoms with Crippen LogP contribution >= 0.6 is 0 Å². The summed E-state index contributed by atoms with van der Waals surface area (Å²) in [7, 11) is 0. The van der Waals surface area contributed by atoms with E-state index < -0.39 is 0 Å². The standard InChI is InChI=1S/C18H34/c1-4-7-9-11-12-13-15-17-18(6-3)16-14-10-8-5-2/h12-13,18H,1-2,4-11,14-17H2,3H3/b13-12+. The highest BCUT2D eigenvalue weighted by Crippen LogP contribution is 2.19. The van der Waals surface area contributed by atoms with Crippen molar-refractivity contribution in [3.63, 3.8) is 0 Å². The van der Waals surface area contributed by atoms with Crippen LogP contribution in [0.3, 0.4) is 0 Å². The molecule has 0 aromatic heterocycles. The largest absolute Gasteiger partial charge is 0.0885 e. The molecule has 106 valence electrons. The van der Waals surface area contributed by atoms with Gasteiger partial charge >= 0.3 is 0 Å². The fourth-order valence-corrected chi connectivity index (χ4v) is 2.35. The molecule has 0 amide bonds. The lowest BCUT2D eigenvalue weighted by Gasteiger charge is -2.13. The Balaban J connectivity index is 3.42. The molecule has 0 saturated carbocycles. The third-order valence-corrected chi connectivity index (χ3v) is 3.72. The Hall–Kier alpha value is -0.260. The molecule has 0 nitrogen and oxygen atoms in total. The summed E-state index contributed by atoms with van der Waals surface area (Å²) < 4.78 is 0. The van der Waals surface area contributed by atoms with Gasteiger partial charge < -0.3 is 0 Å². The lowest BCUT2D eigenvalue weighted by atomic mass is 9.93. The van der Waals surface area contributed by atoms with Gasteiger partial charge in [-0.25, -0.2) is 0 Å². The summed E-state index contributed by atoms with van der Waals surface area (Å²) in [5.41, 5.74) is 0. The van der Waals surface area contributed by atoms with Crippen LogP contribution in [0.15, 0.2) is 12.2 Å². The van der Waals surface area contributed by atoms with Gasteiger partial charge in [-0.1, -0.05) is 84.3 Å². The van der Waals surface area contributed by atoms with Crippen LogP contribution in [0.4, 0.5) is 0 Å². The number of hydrogen-bond donors (Lipinski definition) is 0. The van der Waals surface area contributed by atoms with Crippen LogP contribution in [-0.2, 0) is 0 Å². The molecule has 0 saturated heterocycles. The van der Waals surface area contributed by atoms with Crippen molar-refractivity contribution < 1.29 is 0 Å². The van der Waals surface area contributed by atoms with E-state index in [0.717, 1.165) is 18.8 Å². The van der Waals surface area contributed by atoms with E-state index in [4.69, 9.17) is 0 Å². The molecule has 0 spiro atoms. The van der Waals surface area contributed by atoms with Crippen LogP contribution in [0.25, 0.3) is 0 Å². The van der Waals surface area contributed by atoms with Gasteiger partial charge in [0.25, 0.3) is 0 Å². The fraction of sp³-hybridized carbons (Fsp3) is 0.778. The van der Waals surface area contributed by atoms with Gasteiger partial charge in [0.05, 0.1) is 0 Å². The minimum Gasteiger partial charge on any atom is -0.0885 e. The molecule has 1 atom stereocenters. The number of hydrogen-bond acceptors (Lipinski definition) is 0. The average molecular weight is 250 g/mol. The molecular weight excluding hydrogens is 216 g/mol. The van der Waals surface area contributed by atoms with E-state index in [-0.39, 0.29) is 0 Å². The lowest BCUT2D eigenvalue weighted by Crippen LogP contribution is -1.98. The minimum absolute atomic E-state index is 0.944.